The molecule has 2 fully saturated rings. The fourth-order valence-electron chi connectivity index (χ4n) is 3.36. The highest BCUT2D eigenvalue weighted by Crippen LogP contribution is 2.45. The molecule has 2 unspecified atom stereocenters. The van der Waals surface area contributed by atoms with E-state index in [1.54, 1.807) is 0 Å². The van der Waals surface area contributed by atoms with Gasteiger partial charge in [0.1, 0.15) is 5.75 Å². The molecule has 1 aliphatic carbocycles. The van der Waals surface area contributed by atoms with Crippen molar-refractivity contribution in [2.24, 2.45) is 11.8 Å². The van der Waals surface area contributed by atoms with Crippen molar-refractivity contribution < 1.29 is 14.6 Å². The fraction of sp³-hybridized carbons (Fsp3) is 0.611. The van der Waals surface area contributed by atoms with Gasteiger partial charge in [0.05, 0.1) is 13.0 Å². The van der Waals surface area contributed by atoms with Crippen LogP contribution >= 0.6 is 0 Å². The van der Waals surface area contributed by atoms with Gasteiger partial charge < -0.3 is 15.2 Å². The molecule has 2 atom stereocenters. The molecule has 1 aromatic carbocycles. The predicted molar refractivity (Wildman–Crippen MR) is 85.2 cm³/mol. The first-order valence-corrected chi connectivity index (χ1v) is 8.37. The van der Waals surface area contributed by atoms with Crippen molar-refractivity contribution in [2.75, 3.05) is 19.7 Å². The summed E-state index contributed by atoms with van der Waals surface area (Å²) in [7, 11) is 0. The molecule has 0 radical (unpaired) electrons. The molecule has 1 aromatic rings. The molecule has 4 nitrogen and oxygen atoms in total. The summed E-state index contributed by atoms with van der Waals surface area (Å²) in [5, 5.41) is 12.5. The van der Waals surface area contributed by atoms with E-state index in [1.807, 2.05) is 24.3 Å². The molecule has 22 heavy (non-hydrogen) atoms. The van der Waals surface area contributed by atoms with Crippen molar-refractivity contribution >= 4 is 5.97 Å². The maximum atomic E-state index is 11.1. The topological polar surface area (TPSA) is 58.6 Å². The number of carbonyl (C=O) groups is 1. The molecule has 2 aliphatic rings. The van der Waals surface area contributed by atoms with Crippen LogP contribution in [-0.2, 0) is 4.79 Å². The zero-order valence-electron chi connectivity index (χ0n) is 13.0. The molecule has 1 heterocycles. The van der Waals surface area contributed by atoms with Crippen molar-refractivity contribution in [1.82, 2.24) is 5.32 Å². The van der Waals surface area contributed by atoms with Gasteiger partial charge in [-0.25, -0.2) is 0 Å². The predicted octanol–water partition coefficient (Wildman–Crippen LogP) is 3.03. The number of nitrogens with one attached hydrogen (secondary N) is 1. The van der Waals surface area contributed by atoms with Crippen molar-refractivity contribution in [1.29, 1.82) is 0 Å². The third kappa shape index (κ3) is 4.23. The minimum atomic E-state index is -0.712. The molecule has 0 bridgehead atoms. The van der Waals surface area contributed by atoms with Crippen LogP contribution in [0.5, 0.6) is 5.75 Å². The quantitative estimate of drug-likeness (QED) is 0.813. The van der Waals surface area contributed by atoms with Crippen LogP contribution < -0.4 is 10.1 Å². The molecule has 4 heteroatoms. The van der Waals surface area contributed by atoms with E-state index < -0.39 is 5.97 Å². The second-order valence-electron chi connectivity index (χ2n) is 6.64. The molecule has 1 saturated carbocycles. The second-order valence-corrected chi connectivity index (χ2v) is 6.64. The Kier molecular flexibility index (Phi) is 4.98. The molecule has 1 saturated heterocycles. The molecule has 120 valence electrons. The van der Waals surface area contributed by atoms with E-state index in [1.165, 1.54) is 12.8 Å². The lowest BCUT2D eigenvalue weighted by Gasteiger charge is -2.23. The van der Waals surface area contributed by atoms with Crippen LogP contribution in [0.15, 0.2) is 24.3 Å². The summed E-state index contributed by atoms with van der Waals surface area (Å²) in [5.74, 6) is 1.41. The highest BCUT2D eigenvalue weighted by Gasteiger charge is 2.33. The summed E-state index contributed by atoms with van der Waals surface area (Å²) in [5.41, 5.74) is 1.11. The van der Waals surface area contributed by atoms with E-state index in [0.29, 0.717) is 11.8 Å². The first kappa shape index (κ1) is 15.3. The number of carboxylic acids is 1. The number of aliphatic carboxylic acids is 1. The molecule has 0 aromatic heterocycles. The molecule has 1 aliphatic heterocycles. The summed E-state index contributed by atoms with van der Waals surface area (Å²) in [4.78, 5) is 11.1. The maximum absolute atomic E-state index is 11.1. The third-order valence-electron chi connectivity index (χ3n) is 4.76. The number of benzene rings is 1. The zero-order valence-corrected chi connectivity index (χ0v) is 13.0. The van der Waals surface area contributed by atoms with Gasteiger partial charge in [0.2, 0.25) is 0 Å². The van der Waals surface area contributed by atoms with Gasteiger partial charge in [-0.05, 0) is 61.8 Å². The summed E-state index contributed by atoms with van der Waals surface area (Å²) >= 11 is 0. The molecule has 0 amide bonds. The smallest absolute Gasteiger partial charge is 0.303 e. The van der Waals surface area contributed by atoms with Crippen LogP contribution in [0, 0.1) is 11.8 Å². The van der Waals surface area contributed by atoms with Crippen molar-refractivity contribution in [3.05, 3.63) is 29.8 Å². The average Bonchev–Trinajstić information content (AvgIpc) is 3.36. The third-order valence-corrected chi connectivity index (χ3v) is 4.76. The normalized spacial score (nSPS) is 23.0. The zero-order chi connectivity index (χ0) is 15.4. The number of piperidine rings is 1. The maximum Gasteiger partial charge on any atom is 0.303 e. The highest BCUT2D eigenvalue weighted by atomic mass is 16.5. The lowest BCUT2D eigenvalue weighted by atomic mass is 9.91. The number of hydrogen-bond acceptors (Lipinski definition) is 3. The molecular formula is C18H25NO3. The Morgan fingerprint density at radius 1 is 1.36 bits per heavy atom. The molecule has 0 spiro atoms. The average molecular weight is 303 g/mol. The van der Waals surface area contributed by atoms with E-state index in [2.05, 4.69) is 5.32 Å². The highest BCUT2D eigenvalue weighted by molar-refractivity contribution is 5.68. The summed E-state index contributed by atoms with van der Waals surface area (Å²) in [6, 6.07) is 8.05. The van der Waals surface area contributed by atoms with Gasteiger partial charge in [0, 0.05) is 12.5 Å². The van der Waals surface area contributed by atoms with E-state index in [0.717, 1.165) is 43.9 Å². The first-order chi connectivity index (χ1) is 10.7. The minimum Gasteiger partial charge on any atom is -0.493 e. The fourth-order valence-corrected chi connectivity index (χ4v) is 3.36. The standard InChI is InChI=1S/C18H25NO3/c20-18(21)10-17(14-6-7-14)15-4-1-5-16(9-15)22-12-13-3-2-8-19-11-13/h1,4-5,9,13-14,17,19H,2-3,6-8,10-12H2,(H,20,21). The van der Waals surface area contributed by atoms with E-state index in [-0.39, 0.29) is 12.3 Å². The Hall–Kier alpha value is -1.55. The van der Waals surface area contributed by atoms with Crippen LogP contribution in [0.1, 0.15) is 43.6 Å². The van der Waals surface area contributed by atoms with Gasteiger partial charge in [0.15, 0.2) is 0 Å². The number of ether oxygens (including phenoxy) is 1. The van der Waals surface area contributed by atoms with Crippen molar-refractivity contribution in [3.63, 3.8) is 0 Å². The molecule has 3 rings (SSSR count). The Labute approximate surface area is 131 Å². The number of rotatable bonds is 7. The Morgan fingerprint density at radius 2 is 2.23 bits per heavy atom. The van der Waals surface area contributed by atoms with Crippen LogP contribution in [-0.4, -0.2) is 30.8 Å². The Bertz CT molecular complexity index is 507. The van der Waals surface area contributed by atoms with Gasteiger partial charge in [0.25, 0.3) is 0 Å². The van der Waals surface area contributed by atoms with Crippen molar-refractivity contribution in [2.45, 2.75) is 38.0 Å². The summed E-state index contributed by atoms with van der Waals surface area (Å²) < 4.78 is 5.95. The van der Waals surface area contributed by atoms with E-state index in [4.69, 9.17) is 9.84 Å². The van der Waals surface area contributed by atoms with Crippen LogP contribution in [0.4, 0.5) is 0 Å². The number of carboxylic acid groups (broad SMARTS) is 1. The van der Waals surface area contributed by atoms with Crippen LogP contribution in [0.2, 0.25) is 0 Å². The SMILES string of the molecule is O=C(O)CC(c1cccc(OCC2CCCNC2)c1)C1CC1. The van der Waals surface area contributed by atoms with Gasteiger partial charge in [-0.1, -0.05) is 12.1 Å². The first-order valence-electron chi connectivity index (χ1n) is 8.37. The lowest BCUT2D eigenvalue weighted by Crippen LogP contribution is -2.33. The summed E-state index contributed by atoms with van der Waals surface area (Å²) in [6.07, 6.45) is 4.96. The Balaban J connectivity index is 1.62. The second kappa shape index (κ2) is 7.14. The monoisotopic (exact) mass is 303 g/mol. The molecular weight excluding hydrogens is 278 g/mol. The van der Waals surface area contributed by atoms with Gasteiger partial charge in [-0.3, -0.25) is 4.79 Å². The lowest BCUT2D eigenvalue weighted by molar-refractivity contribution is -0.137. The largest absolute Gasteiger partial charge is 0.493 e. The van der Waals surface area contributed by atoms with Gasteiger partial charge >= 0.3 is 5.97 Å². The van der Waals surface area contributed by atoms with Crippen LogP contribution in [0.25, 0.3) is 0 Å². The van der Waals surface area contributed by atoms with E-state index >= 15 is 0 Å². The molecule has 2 N–H and O–H groups in total. The number of hydrogen-bond donors (Lipinski definition) is 2. The van der Waals surface area contributed by atoms with Gasteiger partial charge in [-0.15, -0.1) is 0 Å². The van der Waals surface area contributed by atoms with Crippen molar-refractivity contribution in [3.8, 4) is 5.75 Å². The summed E-state index contributed by atoms with van der Waals surface area (Å²) in [6.45, 7) is 2.89. The Morgan fingerprint density at radius 3 is 2.91 bits per heavy atom. The van der Waals surface area contributed by atoms with Crippen LogP contribution in [0.3, 0.4) is 0 Å². The minimum absolute atomic E-state index is 0.136. The van der Waals surface area contributed by atoms with Gasteiger partial charge in [-0.2, -0.15) is 0 Å². The van der Waals surface area contributed by atoms with E-state index in [9.17, 15) is 4.79 Å².